The smallest absolute Gasteiger partial charge is 0.269 e. The molecule has 0 aliphatic carbocycles. The standard InChI is InChI=1S/C16H18N6O3/c1-20-6-8-21(9-7-20)16-17-10-13(11-18-16)19-15(23)12-2-4-14(5-3-12)22(24)25/h2-5,10-11H,6-9H2,1H3,(H,19,23). The highest BCUT2D eigenvalue weighted by Crippen LogP contribution is 2.15. The van der Waals surface area contributed by atoms with Crippen molar-refractivity contribution in [3.05, 3.63) is 52.3 Å². The molecule has 0 spiro atoms. The monoisotopic (exact) mass is 342 g/mol. The summed E-state index contributed by atoms with van der Waals surface area (Å²) in [5.41, 5.74) is 0.742. The van der Waals surface area contributed by atoms with Crippen LogP contribution in [0.1, 0.15) is 10.4 Å². The Morgan fingerprint density at radius 2 is 1.72 bits per heavy atom. The van der Waals surface area contributed by atoms with Gasteiger partial charge in [-0.2, -0.15) is 0 Å². The van der Waals surface area contributed by atoms with Gasteiger partial charge in [0.25, 0.3) is 11.6 Å². The molecular formula is C16H18N6O3. The number of amides is 1. The second kappa shape index (κ2) is 7.22. The number of nitrogens with one attached hydrogen (secondary N) is 1. The van der Waals surface area contributed by atoms with E-state index in [9.17, 15) is 14.9 Å². The van der Waals surface area contributed by atoms with E-state index >= 15 is 0 Å². The molecular weight excluding hydrogens is 324 g/mol. The van der Waals surface area contributed by atoms with Crippen LogP contribution in [0, 0.1) is 10.1 Å². The minimum atomic E-state index is -0.507. The SMILES string of the molecule is CN1CCN(c2ncc(NC(=O)c3ccc([N+](=O)[O-])cc3)cn2)CC1. The molecule has 1 N–H and O–H groups in total. The Labute approximate surface area is 144 Å². The summed E-state index contributed by atoms with van der Waals surface area (Å²) in [6, 6.07) is 5.41. The number of nitro groups is 1. The highest BCUT2D eigenvalue weighted by atomic mass is 16.6. The van der Waals surface area contributed by atoms with Crippen LogP contribution in [0.2, 0.25) is 0 Å². The number of carbonyl (C=O) groups excluding carboxylic acids is 1. The molecule has 9 nitrogen and oxygen atoms in total. The van der Waals surface area contributed by atoms with Gasteiger partial charge in [0, 0.05) is 43.9 Å². The van der Waals surface area contributed by atoms with Crippen molar-refractivity contribution in [2.24, 2.45) is 0 Å². The molecule has 1 saturated heterocycles. The van der Waals surface area contributed by atoms with Crippen molar-refractivity contribution in [2.45, 2.75) is 0 Å². The van der Waals surface area contributed by atoms with Crippen molar-refractivity contribution in [3.63, 3.8) is 0 Å². The Morgan fingerprint density at radius 1 is 1.12 bits per heavy atom. The largest absolute Gasteiger partial charge is 0.338 e. The maximum Gasteiger partial charge on any atom is 0.269 e. The number of aromatic nitrogens is 2. The highest BCUT2D eigenvalue weighted by molar-refractivity contribution is 6.04. The minimum absolute atomic E-state index is 0.0589. The van der Waals surface area contributed by atoms with E-state index in [-0.39, 0.29) is 11.6 Å². The molecule has 1 fully saturated rings. The molecule has 130 valence electrons. The molecule has 0 unspecified atom stereocenters. The predicted molar refractivity (Wildman–Crippen MR) is 92.8 cm³/mol. The van der Waals surface area contributed by atoms with Gasteiger partial charge < -0.3 is 15.1 Å². The van der Waals surface area contributed by atoms with Crippen molar-refractivity contribution < 1.29 is 9.72 Å². The third-order valence-corrected chi connectivity index (χ3v) is 4.02. The first-order chi connectivity index (χ1) is 12.0. The summed E-state index contributed by atoms with van der Waals surface area (Å²) in [5.74, 6) is 0.271. The van der Waals surface area contributed by atoms with Crippen molar-refractivity contribution in [1.29, 1.82) is 0 Å². The van der Waals surface area contributed by atoms with E-state index in [2.05, 4.69) is 32.1 Å². The summed E-state index contributed by atoms with van der Waals surface area (Å²) in [4.78, 5) is 35.2. The third-order valence-electron chi connectivity index (χ3n) is 4.02. The van der Waals surface area contributed by atoms with Crippen LogP contribution in [0.15, 0.2) is 36.7 Å². The molecule has 1 aromatic carbocycles. The van der Waals surface area contributed by atoms with E-state index in [1.165, 1.54) is 24.3 Å². The fraction of sp³-hybridized carbons (Fsp3) is 0.312. The molecule has 1 amide bonds. The number of nitrogens with zero attached hydrogens (tertiary/aromatic N) is 5. The number of carbonyl (C=O) groups is 1. The normalized spacial score (nSPS) is 15.0. The van der Waals surface area contributed by atoms with E-state index in [0.29, 0.717) is 17.2 Å². The van der Waals surface area contributed by atoms with Gasteiger partial charge in [-0.25, -0.2) is 9.97 Å². The number of likely N-dealkylation sites (N-methyl/N-ethyl adjacent to an activating group) is 1. The first kappa shape index (κ1) is 16.8. The lowest BCUT2D eigenvalue weighted by Crippen LogP contribution is -2.45. The van der Waals surface area contributed by atoms with Gasteiger partial charge in [0.05, 0.1) is 23.0 Å². The summed E-state index contributed by atoms with van der Waals surface area (Å²) in [5, 5.41) is 13.3. The quantitative estimate of drug-likeness (QED) is 0.661. The van der Waals surface area contributed by atoms with Crippen molar-refractivity contribution >= 4 is 23.2 Å². The molecule has 0 bridgehead atoms. The fourth-order valence-electron chi connectivity index (χ4n) is 2.49. The third kappa shape index (κ3) is 4.07. The summed E-state index contributed by atoms with van der Waals surface area (Å²) in [7, 11) is 2.08. The minimum Gasteiger partial charge on any atom is -0.338 e. The summed E-state index contributed by atoms with van der Waals surface area (Å²) < 4.78 is 0. The first-order valence-corrected chi connectivity index (χ1v) is 7.84. The molecule has 0 radical (unpaired) electrons. The van der Waals surface area contributed by atoms with E-state index in [1.807, 2.05) is 0 Å². The van der Waals surface area contributed by atoms with Crippen molar-refractivity contribution in [3.8, 4) is 0 Å². The topological polar surface area (TPSA) is 104 Å². The highest BCUT2D eigenvalue weighted by Gasteiger charge is 2.16. The van der Waals surface area contributed by atoms with Gasteiger partial charge in [0.2, 0.25) is 5.95 Å². The Bertz CT molecular complexity index is 754. The maximum atomic E-state index is 12.2. The van der Waals surface area contributed by atoms with Crippen LogP contribution in [0.5, 0.6) is 0 Å². The van der Waals surface area contributed by atoms with Gasteiger partial charge in [-0.1, -0.05) is 0 Å². The lowest BCUT2D eigenvalue weighted by atomic mass is 10.2. The number of benzene rings is 1. The van der Waals surface area contributed by atoms with Crippen LogP contribution >= 0.6 is 0 Å². The number of rotatable bonds is 4. The van der Waals surface area contributed by atoms with Crippen LogP contribution < -0.4 is 10.2 Å². The number of non-ortho nitro benzene ring substituents is 1. The van der Waals surface area contributed by atoms with Crippen LogP contribution in [0.25, 0.3) is 0 Å². The maximum absolute atomic E-state index is 12.2. The molecule has 2 aromatic rings. The van der Waals surface area contributed by atoms with Gasteiger partial charge in [-0.05, 0) is 19.2 Å². The Kier molecular flexibility index (Phi) is 4.85. The van der Waals surface area contributed by atoms with Crippen LogP contribution in [-0.2, 0) is 0 Å². The van der Waals surface area contributed by atoms with Crippen LogP contribution in [0.3, 0.4) is 0 Å². The second-order valence-electron chi connectivity index (χ2n) is 5.82. The summed E-state index contributed by atoms with van der Waals surface area (Å²) >= 11 is 0. The number of piperazine rings is 1. The van der Waals surface area contributed by atoms with E-state index in [4.69, 9.17) is 0 Å². The average molecular weight is 342 g/mol. The van der Waals surface area contributed by atoms with Gasteiger partial charge in [-0.3, -0.25) is 14.9 Å². The molecule has 2 heterocycles. The number of nitro benzene ring substituents is 1. The first-order valence-electron chi connectivity index (χ1n) is 7.84. The molecule has 1 aliphatic heterocycles. The molecule has 1 aromatic heterocycles. The zero-order valence-corrected chi connectivity index (χ0v) is 13.8. The fourth-order valence-corrected chi connectivity index (χ4v) is 2.49. The number of anilines is 2. The zero-order valence-electron chi connectivity index (χ0n) is 13.8. The Balaban J connectivity index is 1.62. The van der Waals surface area contributed by atoms with Crippen molar-refractivity contribution in [2.75, 3.05) is 43.4 Å². The van der Waals surface area contributed by atoms with Crippen LogP contribution in [-0.4, -0.2) is 58.9 Å². The predicted octanol–water partition coefficient (Wildman–Crippen LogP) is 1.39. The number of hydrogen-bond acceptors (Lipinski definition) is 7. The average Bonchev–Trinajstić information content (AvgIpc) is 2.63. The van der Waals surface area contributed by atoms with Gasteiger partial charge in [0.1, 0.15) is 0 Å². The number of hydrogen-bond donors (Lipinski definition) is 1. The summed E-state index contributed by atoms with van der Waals surface area (Å²) in [6.07, 6.45) is 3.12. The van der Waals surface area contributed by atoms with Crippen molar-refractivity contribution in [1.82, 2.24) is 14.9 Å². The van der Waals surface area contributed by atoms with Gasteiger partial charge in [-0.15, -0.1) is 0 Å². The van der Waals surface area contributed by atoms with Crippen LogP contribution in [0.4, 0.5) is 17.3 Å². The Hall–Kier alpha value is -3.07. The summed E-state index contributed by atoms with van der Waals surface area (Å²) in [6.45, 7) is 3.65. The van der Waals surface area contributed by atoms with E-state index in [1.54, 1.807) is 12.4 Å². The molecule has 0 atom stereocenters. The lowest BCUT2D eigenvalue weighted by molar-refractivity contribution is -0.384. The second-order valence-corrected chi connectivity index (χ2v) is 5.82. The lowest BCUT2D eigenvalue weighted by Gasteiger charge is -2.32. The molecule has 0 saturated carbocycles. The van der Waals surface area contributed by atoms with E-state index < -0.39 is 4.92 Å². The van der Waals surface area contributed by atoms with Gasteiger partial charge in [0.15, 0.2) is 0 Å². The molecule has 9 heteroatoms. The Morgan fingerprint density at radius 3 is 2.28 bits per heavy atom. The van der Waals surface area contributed by atoms with E-state index in [0.717, 1.165) is 26.2 Å². The van der Waals surface area contributed by atoms with Gasteiger partial charge >= 0.3 is 0 Å². The molecule has 25 heavy (non-hydrogen) atoms. The molecule has 1 aliphatic rings. The zero-order chi connectivity index (χ0) is 17.8. The molecule has 3 rings (SSSR count).